The van der Waals surface area contributed by atoms with Crippen molar-refractivity contribution < 1.29 is 33.1 Å². The van der Waals surface area contributed by atoms with Gasteiger partial charge in [0.15, 0.2) is 40.1 Å². The molecule has 1 fully saturated rings. The van der Waals surface area contributed by atoms with Gasteiger partial charge < -0.3 is 18.4 Å². The van der Waals surface area contributed by atoms with Crippen molar-refractivity contribution in [1.82, 2.24) is 19.1 Å². The maximum absolute atomic E-state index is 13.9. The zero-order chi connectivity index (χ0) is 36.0. The van der Waals surface area contributed by atoms with Crippen molar-refractivity contribution in [2.75, 3.05) is 11.9 Å². The molecule has 1 aromatic carbocycles. The highest BCUT2D eigenvalue weighted by Gasteiger charge is 2.54. The molecule has 1 aliphatic heterocycles. The van der Waals surface area contributed by atoms with Gasteiger partial charge in [-0.1, -0.05) is 59.7 Å². The van der Waals surface area contributed by atoms with Gasteiger partial charge >= 0.3 is 0 Å². The van der Waals surface area contributed by atoms with Crippen LogP contribution in [0.3, 0.4) is 0 Å². The van der Waals surface area contributed by atoms with Crippen molar-refractivity contribution in [3.05, 3.63) is 62.7 Å². The maximum Gasteiger partial charge on any atom is 0.294 e. The highest BCUT2D eigenvalue weighted by atomic mass is 28.4. The number of ether oxygens (including phenoxy) is 1. The van der Waals surface area contributed by atoms with E-state index < -0.39 is 63.6 Å². The smallest absolute Gasteiger partial charge is 0.294 e. The Bertz CT molecular complexity index is 1740. The van der Waals surface area contributed by atoms with Gasteiger partial charge in [-0.3, -0.25) is 24.3 Å². The lowest BCUT2D eigenvalue weighted by atomic mass is 10.1. The Labute approximate surface area is 281 Å². The molecule has 0 spiro atoms. The number of carbonyl (C=O) groups is 2. The standard InChI is InChI=1S/C31H46N6O9Si2/c1-19(38)33-29-34-25-22(27(40)36(29)26(39)20-15-13-12-14-16-20)32-18-35(25)28-24(46-48(10,11)31(5,6)7)23(45-37(41)42)21(44-28)17-43-47(8,9)30(2,3)4/h12-16,18,21,23-24,28H,17H2,1-11H3,(H,33,34,38)/t21-,23-,24-,28-/m1/s1. The molecule has 4 rings (SSSR count). The summed E-state index contributed by atoms with van der Waals surface area (Å²) in [6.07, 6.45) is -3.02. The van der Waals surface area contributed by atoms with Gasteiger partial charge in [-0.25, -0.2) is 9.55 Å². The number of fused-ring (bicyclic) bond motifs is 1. The Hall–Kier alpha value is -3.78. The Morgan fingerprint density at radius 3 is 2.17 bits per heavy atom. The number of imidazole rings is 1. The zero-order valence-corrected chi connectivity index (χ0v) is 31.4. The van der Waals surface area contributed by atoms with Crippen LogP contribution in [-0.2, 0) is 23.2 Å². The van der Waals surface area contributed by atoms with Crippen LogP contribution in [0.25, 0.3) is 11.2 Å². The number of nitrogens with one attached hydrogen (secondary N) is 1. The summed E-state index contributed by atoms with van der Waals surface area (Å²) in [5, 5.41) is 13.1. The number of carbonyl (C=O) groups excluding carboxylic acids is 2. The SMILES string of the molecule is CC(=O)Nc1nc2c(ncn2[C@@H]2O[C@H](CO[Si](C)(C)C(C)(C)C)[C@@H](O[N+](=O)[O-])[C@H]2O[Si](C)(C)C(C)(C)C)c(=O)n1C(=O)c1ccccc1. The number of hydrogen-bond donors (Lipinski definition) is 1. The second-order valence-electron chi connectivity index (χ2n) is 15.0. The molecule has 3 heterocycles. The molecule has 1 amide bonds. The Morgan fingerprint density at radius 2 is 1.62 bits per heavy atom. The van der Waals surface area contributed by atoms with Gasteiger partial charge in [0.25, 0.3) is 16.6 Å². The zero-order valence-electron chi connectivity index (χ0n) is 29.4. The maximum atomic E-state index is 13.9. The molecular weight excluding hydrogens is 657 g/mol. The van der Waals surface area contributed by atoms with Crippen LogP contribution in [0.4, 0.5) is 5.95 Å². The van der Waals surface area contributed by atoms with Crippen LogP contribution in [-0.4, -0.2) is 77.6 Å². The summed E-state index contributed by atoms with van der Waals surface area (Å²) >= 11 is 0. The van der Waals surface area contributed by atoms with Crippen molar-refractivity contribution in [3.8, 4) is 0 Å². The first-order valence-electron chi connectivity index (χ1n) is 15.7. The van der Waals surface area contributed by atoms with Crippen molar-refractivity contribution in [2.24, 2.45) is 0 Å². The molecule has 0 unspecified atom stereocenters. The Balaban J connectivity index is 1.89. The van der Waals surface area contributed by atoms with Crippen LogP contribution >= 0.6 is 0 Å². The van der Waals surface area contributed by atoms with Crippen molar-refractivity contribution in [3.63, 3.8) is 0 Å². The molecule has 262 valence electrons. The molecule has 0 bridgehead atoms. The van der Waals surface area contributed by atoms with E-state index in [1.165, 1.54) is 30.0 Å². The minimum absolute atomic E-state index is 0.0154. The Kier molecular flexibility index (Phi) is 10.2. The van der Waals surface area contributed by atoms with Crippen molar-refractivity contribution in [1.29, 1.82) is 0 Å². The van der Waals surface area contributed by atoms with E-state index in [1.54, 1.807) is 18.2 Å². The summed E-state index contributed by atoms with van der Waals surface area (Å²) in [4.78, 5) is 65.6. The van der Waals surface area contributed by atoms with E-state index in [4.69, 9.17) is 18.4 Å². The first-order valence-corrected chi connectivity index (χ1v) is 21.5. The molecule has 48 heavy (non-hydrogen) atoms. The second kappa shape index (κ2) is 13.3. The minimum Gasteiger partial charge on any atom is -0.414 e. The predicted molar refractivity (Wildman–Crippen MR) is 183 cm³/mol. The molecule has 1 saturated heterocycles. The van der Waals surface area contributed by atoms with E-state index in [-0.39, 0.29) is 39.4 Å². The van der Waals surface area contributed by atoms with Crippen LogP contribution in [0.5, 0.6) is 0 Å². The first kappa shape index (κ1) is 37.0. The van der Waals surface area contributed by atoms with E-state index in [0.29, 0.717) is 0 Å². The number of anilines is 1. The molecule has 17 heteroatoms. The van der Waals surface area contributed by atoms with Crippen LogP contribution < -0.4 is 10.9 Å². The molecule has 1 aliphatic rings. The quantitative estimate of drug-likeness (QED) is 0.168. The van der Waals surface area contributed by atoms with Gasteiger partial charge in [-0.2, -0.15) is 4.98 Å². The number of benzene rings is 1. The first-order chi connectivity index (χ1) is 22.1. The Morgan fingerprint density at radius 1 is 1.02 bits per heavy atom. The fraction of sp³-hybridized carbons (Fsp3) is 0.581. The summed E-state index contributed by atoms with van der Waals surface area (Å²) in [5.41, 5.74) is -0.846. The van der Waals surface area contributed by atoms with Gasteiger partial charge in [-0.05, 0) is 48.4 Å². The molecule has 1 N–H and O–H groups in total. The van der Waals surface area contributed by atoms with E-state index in [9.17, 15) is 24.5 Å². The van der Waals surface area contributed by atoms with Gasteiger partial charge in [0.05, 0.1) is 12.9 Å². The number of nitrogens with zero attached hydrogens (tertiary/aromatic N) is 5. The topological polar surface area (TPSA) is 179 Å². The van der Waals surface area contributed by atoms with Gasteiger partial charge in [0.2, 0.25) is 11.9 Å². The third-order valence-electron chi connectivity index (χ3n) is 9.53. The highest BCUT2D eigenvalue weighted by molar-refractivity contribution is 6.74. The largest absolute Gasteiger partial charge is 0.414 e. The molecule has 0 radical (unpaired) electrons. The van der Waals surface area contributed by atoms with Gasteiger partial charge in [0, 0.05) is 12.5 Å². The third kappa shape index (κ3) is 7.44. The molecule has 15 nitrogen and oxygen atoms in total. The number of aromatic nitrogens is 4. The lowest BCUT2D eigenvalue weighted by Crippen LogP contribution is -2.50. The average Bonchev–Trinajstić information content (AvgIpc) is 3.51. The summed E-state index contributed by atoms with van der Waals surface area (Å²) in [6, 6.07) is 8.08. The van der Waals surface area contributed by atoms with Crippen LogP contribution in [0, 0.1) is 10.1 Å². The van der Waals surface area contributed by atoms with Crippen molar-refractivity contribution in [2.45, 2.75) is 109 Å². The molecule has 0 saturated carbocycles. The third-order valence-corrected chi connectivity index (χ3v) is 18.5. The number of rotatable bonds is 10. The summed E-state index contributed by atoms with van der Waals surface area (Å²) in [7, 11) is -4.98. The van der Waals surface area contributed by atoms with Gasteiger partial charge in [-0.15, -0.1) is 10.1 Å². The average molecular weight is 703 g/mol. The normalized spacial score (nSPS) is 20.6. The van der Waals surface area contributed by atoms with Crippen LogP contribution in [0.15, 0.2) is 41.5 Å². The summed E-state index contributed by atoms with van der Waals surface area (Å²) < 4.78 is 21.9. The monoisotopic (exact) mass is 702 g/mol. The van der Waals surface area contributed by atoms with E-state index >= 15 is 0 Å². The molecule has 2 aromatic heterocycles. The fourth-order valence-corrected chi connectivity index (χ4v) is 7.04. The summed E-state index contributed by atoms with van der Waals surface area (Å²) in [6.45, 7) is 21.7. The lowest BCUT2D eigenvalue weighted by molar-refractivity contribution is -0.771. The van der Waals surface area contributed by atoms with E-state index in [0.717, 1.165) is 4.57 Å². The number of amides is 1. The van der Waals surface area contributed by atoms with E-state index in [2.05, 4.69) is 49.1 Å². The van der Waals surface area contributed by atoms with Gasteiger partial charge in [0.1, 0.15) is 12.2 Å². The predicted octanol–water partition coefficient (Wildman–Crippen LogP) is 5.13. The molecule has 0 aliphatic carbocycles. The minimum atomic E-state index is -2.64. The van der Waals surface area contributed by atoms with Crippen LogP contribution in [0.1, 0.15) is 65.1 Å². The van der Waals surface area contributed by atoms with Crippen LogP contribution in [0.2, 0.25) is 36.3 Å². The second-order valence-corrected chi connectivity index (χ2v) is 24.6. The van der Waals surface area contributed by atoms with E-state index in [1.807, 2.05) is 33.9 Å². The van der Waals surface area contributed by atoms with Crippen molar-refractivity contribution >= 4 is 45.6 Å². The highest BCUT2D eigenvalue weighted by Crippen LogP contribution is 2.44. The summed E-state index contributed by atoms with van der Waals surface area (Å²) in [5.74, 6) is -1.61. The fourth-order valence-electron chi connectivity index (χ4n) is 4.74. The molecule has 4 atom stereocenters. The number of hydrogen-bond acceptors (Lipinski definition) is 11. The molecular formula is C31H46N6O9Si2. The lowest BCUT2D eigenvalue weighted by Gasteiger charge is -2.40. The molecule has 3 aromatic rings.